The standard InChI is InChI=1S/C11H15NO2/c1-12(2)11-8-5-3-4-6-10(8)14-7-9(11)13/h3-6,9,11,13H,7H2,1-2H3/t9-,11+/m0/s1. The van der Waals surface area contributed by atoms with Crippen LogP contribution in [-0.2, 0) is 0 Å². The van der Waals surface area contributed by atoms with E-state index < -0.39 is 6.10 Å². The molecule has 0 saturated heterocycles. The first-order valence-electron chi connectivity index (χ1n) is 4.76. The number of hydrogen-bond donors (Lipinski definition) is 1. The van der Waals surface area contributed by atoms with Crippen LogP contribution in [0.1, 0.15) is 11.6 Å². The summed E-state index contributed by atoms with van der Waals surface area (Å²) in [5, 5.41) is 9.82. The van der Waals surface area contributed by atoms with Gasteiger partial charge in [0.2, 0.25) is 0 Å². The predicted molar refractivity (Wildman–Crippen MR) is 54.4 cm³/mol. The fourth-order valence-corrected chi connectivity index (χ4v) is 1.95. The molecule has 0 amide bonds. The molecule has 0 aliphatic carbocycles. The molecule has 1 aliphatic heterocycles. The Morgan fingerprint density at radius 3 is 2.79 bits per heavy atom. The summed E-state index contributed by atoms with van der Waals surface area (Å²) in [6.45, 7) is 0.375. The second-order valence-electron chi connectivity index (χ2n) is 3.82. The van der Waals surface area contributed by atoms with E-state index in [1.807, 2.05) is 43.3 Å². The van der Waals surface area contributed by atoms with E-state index in [1.54, 1.807) is 0 Å². The van der Waals surface area contributed by atoms with Crippen LogP contribution in [0.2, 0.25) is 0 Å². The average Bonchev–Trinajstić information content (AvgIpc) is 2.17. The van der Waals surface area contributed by atoms with Crippen LogP contribution in [0.4, 0.5) is 0 Å². The Hall–Kier alpha value is -1.06. The van der Waals surface area contributed by atoms with Crippen molar-refractivity contribution in [2.45, 2.75) is 12.1 Å². The van der Waals surface area contributed by atoms with Crippen molar-refractivity contribution >= 4 is 0 Å². The number of benzene rings is 1. The zero-order valence-corrected chi connectivity index (χ0v) is 8.47. The number of aliphatic hydroxyl groups is 1. The topological polar surface area (TPSA) is 32.7 Å². The summed E-state index contributed by atoms with van der Waals surface area (Å²) < 4.78 is 5.44. The minimum atomic E-state index is -0.445. The van der Waals surface area contributed by atoms with Gasteiger partial charge in [-0.25, -0.2) is 0 Å². The van der Waals surface area contributed by atoms with Crippen LogP contribution in [-0.4, -0.2) is 36.8 Å². The number of nitrogens with zero attached hydrogens (tertiary/aromatic N) is 1. The Balaban J connectivity index is 2.41. The summed E-state index contributed by atoms with van der Waals surface area (Å²) in [5.74, 6) is 0.886. The Morgan fingerprint density at radius 1 is 1.36 bits per heavy atom. The third-order valence-corrected chi connectivity index (χ3v) is 2.57. The first-order chi connectivity index (χ1) is 6.70. The van der Waals surface area contributed by atoms with Crippen molar-refractivity contribution in [3.63, 3.8) is 0 Å². The van der Waals surface area contributed by atoms with Crippen molar-refractivity contribution in [2.75, 3.05) is 20.7 Å². The van der Waals surface area contributed by atoms with Gasteiger partial charge in [0.1, 0.15) is 18.5 Å². The first kappa shape index (κ1) is 9.49. The number of rotatable bonds is 1. The second kappa shape index (κ2) is 3.59. The normalized spacial score (nSPS) is 25.7. The van der Waals surface area contributed by atoms with Crippen LogP contribution >= 0.6 is 0 Å². The van der Waals surface area contributed by atoms with E-state index in [-0.39, 0.29) is 6.04 Å². The molecule has 2 atom stereocenters. The first-order valence-corrected chi connectivity index (χ1v) is 4.76. The van der Waals surface area contributed by atoms with Crippen LogP contribution in [0.15, 0.2) is 24.3 Å². The Kier molecular flexibility index (Phi) is 2.44. The van der Waals surface area contributed by atoms with E-state index >= 15 is 0 Å². The summed E-state index contributed by atoms with van der Waals surface area (Å²) >= 11 is 0. The molecule has 0 spiro atoms. The molecule has 0 unspecified atom stereocenters. The van der Waals surface area contributed by atoms with Crippen LogP contribution < -0.4 is 4.74 Å². The van der Waals surface area contributed by atoms with E-state index in [0.29, 0.717) is 6.61 Å². The number of hydrogen-bond acceptors (Lipinski definition) is 3. The van der Waals surface area contributed by atoms with E-state index in [0.717, 1.165) is 11.3 Å². The summed E-state index contributed by atoms with van der Waals surface area (Å²) in [6, 6.07) is 7.90. The summed E-state index contributed by atoms with van der Waals surface area (Å²) in [6.07, 6.45) is -0.445. The molecule has 3 heteroatoms. The fourth-order valence-electron chi connectivity index (χ4n) is 1.95. The zero-order chi connectivity index (χ0) is 10.1. The molecule has 0 fully saturated rings. The maximum Gasteiger partial charge on any atom is 0.124 e. The van der Waals surface area contributed by atoms with Crippen LogP contribution in [0.5, 0.6) is 5.75 Å². The minimum Gasteiger partial charge on any atom is -0.490 e. The van der Waals surface area contributed by atoms with Gasteiger partial charge in [-0.3, -0.25) is 4.90 Å². The number of fused-ring (bicyclic) bond motifs is 1. The monoisotopic (exact) mass is 193 g/mol. The van der Waals surface area contributed by atoms with Gasteiger partial charge in [0.05, 0.1) is 6.04 Å². The largest absolute Gasteiger partial charge is 0.490 e. The third-order valence-electron chi connectivity index (χ3n) is 2.57. The van der Waals surface area contributed by atoms with Crippen molar-refractivity contribution in [2.24, 2.45) is 0 Å². The van der Waals surface area contributed by atoms with Crippen LogP contribution in [0.3, 0.4) is 0 Å². The van der Waals surface area contributed by atoms with Crippen LogP contribution in [0.25, 0.3) is 0 Å². The smallest absolute Gasteiger partial charge is 0.124 e. The van der Waals surface area contributed by atoms with Gasteiger partial charge in [0, 0.05) is 5.56 Å². The van der Waals surface area contributed by atoms with Crippen molar-refractivity contribution in [3.05, 3.63) is 29.8 Å². The molecule has 14 heavy (non-hydrogen) atoms. The molecule has 76 valence electrons. The highest BCUT2D eigenvalue weighted by molar-refractivity contribution is 5.38. The highest BCUT2D eigenvalue weighted by Crippen LogP contribution is 2.34. The maximum atomic E-state index is 9.82. The SMILES string of the molecule is CN(C)[C@@H]1c2ccccc2OC[C@@H]1O. The second-order valence-corrected chi connectivity index (χ2v) is 3.82. The molecule has 1 aromatic rings. The van der Waals surface area contributed by atoms with Crippen molar-refractivity contribution in [3.8, 4) is 5.75 Å². The molecular weight excluding hydrogens is 178 g/mol. The molecular formula is C11H15NO2. The Bertz CT molecular complexity index is 325. The van der Waals surface area contributed by atoms with E-state index in [2.05, 4.69) is 0 Å². The van der Waals surface area contributed by atoms with E-state index in [1.165, 1.54) is 0 Å². The third kappa shape index (κ3) is 1.49. The Labute approximate surface area is 83.9 Å². The van der Waals surface area contributed by atoms with Gasteiger partial charge >= 0.3 is 0 Å². The number of para-hydroxylation sites is 1. The van der Waals surface area contributed by atoms with E-state index in [9.17, 15) is 5.11 Å². The molecule has 2 rings (SSSR count). The lowest BCUT2D eigenvalue weighted by Gasteiger charge is -2.34. The fraction of sp³-hybridized carbons (Fsp3) is 0.455. The molecule has 0 aromatic heterocycles. The van der Waals surface area contributed by atoms with Gasteiger partial charge in [-0.05, 0) is 20.2 Å². The van der Waals surface area contributed by atoms with Gasteiger partial charge in [0.15, 0.2) is 0 Å². The quantitative estimate of drug-likeness (QED) is 0.723. The molecule has 0 radical (unpaired) electrons. The number of aliphatic hydroxyl groups excluding tert-OH is 1. The van der Waals surface area contributed by atoms with Crippen molar-refractivity contribution in [1.82, 2.24) is 4.90 Å². The number of ether oxygens (including phenoxy) is 1. The highest BCUT2D eigenvalue weighted by Gasteiger charge is 2.30. The van der Waals surface area contributed by atoms with Gasteiger partial charge in [0.25, 0.3) is 0 Å². The minimum absolute atomic E-state index is 0.0416. The van der Waals surface area contributed by atoms with E-state index in [4.69, 9.17) is 4.74 Å². The summed E-state index contributed by atoms with van der Waals surface area (Å²) in [4.78, 5) is 2.02. The van der Waals surface area contributed by atoms with Crippen LogP contribution in [0, 0.1) is 0 Å². The molecule has 1 N–H and O–H groups in total. The average molecular weight is 193 g/mol. The Morgan fingerprint density at radius 2 is 2.07 bits per heavy atom. The summed E-state index contributed by atoms with van der Waals surface area (Å²) in [7, 11) is 3.94. The predicted octanol–water partition coefficient (Wildman–Crippen LogP) is 1.04. The maximum absolute atomic E-state index is 9.82. The van der Waals surface area contributed by atoms with Crippen molar-refractivity contribution in [1.29, 1.82) is 0 Å². The molecule has 1 heterocycles. The molecule has 1 aromatic carbocycles. The molecule has 0 bridgehead atoms. The highest BCUT2D eigenvalue weighted by atomic mass is 16.5. The van der Waals surface area contributed by atoms with Gasteiger partial charge in [-0.2, -0.15) is 0 Å². The van der Waals surface area contributed by atoms with Gasteiger partial charge in [-0.15, -0.1) is 0 Å². The molecule has 0 saturated carbocycles. The van der Waals surface area contributed by atoms with Gasteiger partial charge in [-0.1, -0.05) is 18.2 Å². The van der Waals surface area contributed by atoms with Crippen molar-refractivity contribution < 1.29 is 9.84 Å². The zero-order valence-electron chi connectivity index (χ0n) is 8.47. The molecule has 1 aliphatic rings. The summed E-state index contributed by atoms with van der Waals surface area (Å²) in [5.41, 5.74) is 1.07. The van der Waals surface area contributed by atoms with Gasteiger partial charge < -0.3 is 9.84 Å². The lowest BCUT2D eigenvalue weighted by atomic mass is 9.97. The lowest BCUT2D eigenvalue weighted by Crippen LogP contribution is -2.38. The molecule has 3 nitrogen and oxygen atoms in total. The lowest BCUT2D eigenvalue weighted by molar-refractivity contribution is 0.0184. The number of likely N-dealkylation sites (N-methyl/N-ethyl adjacent to an activating group) is 1.